The van der Waals surface area contributed by atoms with Gasteiger partial charge in [-0.1, -0.05) is 50.2 Å². The molecule has 1 N–H and O–H groups in total. The lowest BCUT2D eigenvalue weighted by atomic mass is 9.86. The molecule has 3 rings (SSSR count). The van der Waals surface area contributed by atoms with Crippen LogP contribution in [0.15, 0.2) is 48.5 Å². The molecule has 156 valence electrons. The Morgan fingerprint density at radius 3 is 2.24 bits per heavy atom. The minimum Gasteiger partial charge on any atom is -0.481 e. The first-order chi connectivity index (χ1) is 13.6. The third-order valence-electron chi connectivity index (χ3n) is 5.72. The maximum absolute atomic E-state index is 12.9. The number of rotatable bonds is 5. The Morgan fingerprint density at radius 1 is 1.10 bits per heavy atom. The molecule has 2 atom stereocenters. The zero-order chi connectivity index (χ0) is 21.2. The molecule has 0 aliphatic carbocycles. The lowest BCUT2D eigenvalue weighted by molar-refractivity contribution is -0.144. The van der Waals surface area contributed by atoms with Crippen LogP contribution in [-0.2, 0) is 17.5 Å². The van der Waals surface area contributed by atoms with E-state index in [0.29, 0.717) is 31.8 Å². The van der Waals surface area contributed by atoms with Gasteiger partial charge >= 0.3 is 12.1 Å². The Hall–Kier alpha value is -2.34. The van der Waals surface area contributed by atoms with E-state index in [1.165, 1.54) is 17.7 Å². The van der Waals surface area contributed by atoms with Gasteiger partial charge in [0.05, 0.1) is 11.5 Å². The summed E-state index contributed by atoms with van der Waals surface area (Å²) in [4.78, 5) is 13.7. The number of halogens is 3. The first-order valence-electron chi connectivity index (χ1n) is 9.88. The van der Waals surface area contributed by atoms with Crippen LogP contribution in [0.1, 0.15) is 60.9 Å². The maximum atomic E-state index is 12.9. The molecule has 0 aromatic heterocycles. The highest BCUT2D eigenvalue weighted by molar-refractivity contribution is 5.70. The first kappa shape index (κ1) is 21.4. The van der Waals surface area contributed by atoms with E-state index >= 15 is 0 Å². The number of aliphatic carboxylic acids is 1. The zero-order valence-electron chi connectivity index (χ0n) is 16.6. The van der Waals surface area contributed by atoms with Gasteiger partial charge in [-0.15, -0.1) is 0 Å². The Kier molecular flexibility index (Phi) is 6.32. The van der Waals surface area contributed by atoms with Gasteiger partial charge in [-0.05, 0) is 54.1 Å². The molecule has 1 fully saturated rings. The van der Waals surface area contributed by atoms with E-state index in [2.05, 4.69) is 43.0 Å². The van der Waals surface area contributed by atoms with E-state index < -0.39 is 23.6 Å². The van der Waals surface area contributed by atoms with Crippen LogP contribution in [-0.4, -0.2) is 22.5 Å². The Balaban J connectivity index is 1.83. The van der Waals surface area contributed by atoms with Crippen molar-refractivity contribution in [3.8, 4) is 0 Å². The second-order valence-corrected chi connectivity index (χ2v) is 8.06. The number of carboxylic acids is 1. The van der Waals surface area contributed by atoms with Gasteiger partial charge in [0, 0.05) is 12.6 Å². The van der Waals surface area contributed by atoms with Crippen LogP contribution in [0.2, 0.25) is 0 Å². The molecule has 2 aromatic carbocycles. The molecule has 1 saturated heterocycles. The van der Waals surface area contributed by atoms with Crippen LogP contribution in [0.5, 0.6) is 0 Å². The predicted molar refractivity (Wildman–Crippen MR) is 105 cm³/mol. The van der Waals surface area contributed by atoms with Gasteiger partial charge in [-0.3, -0.25) is 9.69 Å². The number of benzene rings is 2. The van der Waals surface area contributed by atoms with Gasteiger partial charge in [-0.25, -0.2) is 0 Å². The molecule has 0 spiro atoms. The first-order valence-corrected chi connectivity index (χ1v) is 9.88. The van der Waals surface area contributed by atoms with Crippen molar-refractivity contribution >= 4 is 5.97 Å². The fourth-order valence-corrected chi connectivity index (χ4v) is 3.91. The van der Waals surface area contributed by atoms with Crippen molar-refractivity contribution in [3.05, 3.63) is 70.8 Å². The Labute approximate surface area is 169 Å². The van der Waals surface area contributed by atoms with Crippen LogP contribution < -0.4 is 0 Å². The summed E-state index contributed by atoms with van der Waals surface area (Å²) in [5, 5.41) is 9.44. The monoisotopic (exact) mass is 405 g/mol. The summed E-state index contributed by atoms with van der Waals surface area (Å²) in [6, 6.07) is 13.2. The van der Waals surface area contributed by atoms with Gasteiger partial charge in [0.2, 0.25) is 0 Å². The summed E-state index contributed by atoms with van der Waals surface area (Å²) in [5.41, 5.74) is 2.39. The summed E-state index contributed by atoms with van der Waals surface area (Å²) in [6.07, 6.45) is -3.45. The largest absolute Gasteiger partial charge is 0.481 e. The summed E-state index contributed by atoms with van der Waals surface area (Å²) in [7, 11) is 0. The summed E-state index contributed by atoms with van der Waals surface area (Å²) in [5.74, 6) is -0.889. The Bertz CT molecular complexity index is 829. The van der Waals surface area contributed by atoms with Crippen molar-refractivity contribution in [2.75, 3.05) is 6.54 Å². The van der Waals surface area contributed by atoms with E-state index in [1.807, 2.05) is 0 Å². The number of nitrogens with zero attached hydrogens (tertiary/aromatic N) is 1. The molecule has 0 radical (unpaired) electrons. The summed E-state index contributed by atoms with van der Waals surface area (Å²) < 4.78 is 38.7. The molecule has 3 nitrogen and oxygen atoms in total. The molecule has 1 aliphatic heterocycles. The quantitative estimate of drug-likeness (QED) is 0.677. The summed E-state index contributed by atoms with van der Waals surface area (Å²) >= 11 is 0. The second kappa shape index (κ2) is 8.57. The van der Waals surface area contributed by atoms with Gasteiger partial charge in [0.1, 0.15) is 0 Å². The van der Waals surface area contributed by atoms with E-state index in [1.54, 1.807) is 0 Å². The van der Waals surface area contributed by atoms with Crippen molar-refractivity contribution in [1.29, 1.82) is 0 Å². The Morgan fingerprint density at radius 2 is 1.72 bits per heavy atom. The smallest absolute Gasteiger partial charge is 0.416 e. The normalized spacial score (nSPS) is 20.8. The molecular weight excluding hydrogens is 379 g/mol. The molecule has 2 aromatic rings. The van der Waals surface area contributed by atoms with Crippen LogP contribution in [0.25, 0.3) is 0 Å². The minimum atomic E-state index is -4.38. The van der Waals surface area contributed by atoms with Crippen molar-refractivity contribution in [2.24, 2.45) is 5.92 Å². The predicted octanol–water partition coefficient (Wildman–Crippen LogP) is 5.87. The van der Waals surface area contributed by atoms with Crippen LogP contribution in [0, 0.1) is 5.92 Å². The molecule has 1 heterocycles. The number of carboxylic acid groups (broad SMARTS) is 1. The molecule has 0 bridgehead atoms. The fourth-order valence-electron chi connectivity index (χ4n) is 3.91. The van der Waals surface area contributed by atoms with E-state index in [4.69, 9.17) is 0 Å². The number of piperidine rings is 1. The van der Waals surface area contributed by atoms with E-state index in [-0.39, 0.29) is 6.04 Å². The fraction of sp³-hybridized carbons (Fsp3) is 0.435. The van der Waals surface area contributed by atoms with Crippen molar-refractivity contribution in [1.82, 2.24) is 4.90 Å². The van der Waals surface area contributed by atoms with E-state index in [9.17, 15) is 23.1 Å². The third-order valence-corrected chi connectivity index (χ3v) is 5.72. The number of hydrogen-bond donors (Lipinski definition) is 1. The minimum absolute atomic E-state index is 0.225. The maximum Gasteiger partial charge on any atom is 0.416 e. The number of carbonyl (C=O) groups is 1. The lowest BCUT2D eigenvalue weighted by Gasteiger charge is -2.38. The molecule has 0 saturated carbocycles. The third kappa shape index (κ3) is 5.18. The molecule has 1 aliphatic rings. The SMILES string of the molecule is CC(C)c1ccc(CN2CCC(C(=O)O)CC2c2ccc(C(F)(F)F)cc2)cc1. The standard InChI is InChI=1S/C23H26F3NO2/c1-15(2)17-5-3-16(4-6-17)14-27-12-11-19(22(28)29)13-21(27)18-7-9-20(10-8-18)23(24,25)26/h3-10,15,19,21H,11-14H2,1-2H3,(H,28,29). The second-order valence-electron chi connectivity index (χ2n) is 8.06. The lowest BCUT2D eigenvalue weighted by Crippen LogP contribution is -2.38. The number of hydrogen-bond acceptors (Lipinski definition) is 2. The van der Waals surface area contributed by atoms with Gasteiger partial charge < -0.3 is 5.11 Å². The van der Waals surface area contributed by atoms with Gasteiger partial charge in [0.25, 0.3) is 0 Å². The van der Waals surface area contributed by atoms with Crippen molar-refractivity contribution < 1.29 is 23.1 Å². The molecule has 2 unspecified atom stereocenters. The van der Waals surface area contributed by atoms with Crippen LogP contribution in [0.3, 0.4) is 0 Å². The van der Waals surface area contributed by atoms with Gasteiger partial charge in [-0.2, -0.15) is 13.2 Å². The summed E-state index contributed by atoms with van der Waals surface area (Å²) in [6.45, 7) is 5.49. The van der Waals surface area contributed by atoms with Gasteiger partial charge in [0.15, 0.2) is 0 Å². The topological polar surface area (TPSA) is 40.5 Å². The average Bonchev–Trinajstić information content (AvgIpc) is 2.68. The number of alkyl halides is 3. The molecule has 0 amide bonds. The van der Waals surface area contributed by atoms with Crippen molar-refractivity contribution in [3.63, 3.8) is 0 Å². The van der Waals surface area contributed by atoms with E-state index in [0.717, 1.165) is 23.3 Å². The molecule has 29 heavy (non-hydrogen) atoms. The molecule has 6 heteroatoms. The molecular formula is C23H26F3NO2. The highest BCUT2D eigenvalue weighted by atomic mass is 19.4. The highest BCUT2D eigenvalue weighted by Gasteiger charge is 2.34. The van der Waals surface area contributed by atoms with Crippen molar-refractivity contribution in [2.45, 2.75) is 51.4 Å². The number of likely N-dealkylation sites (tertiary alicyclic amines) is 1. The highest BCUT2D eigenvalue weighted by Crippen LogP contribution is 2.37. The van der Waals surface area contributed by atoms with Crippen LogP contribution >= 0.6 is 0 Å². The zero-order valence-corrected chi connectivity index (χ0v) is 16.6. The van der Waals surface area contributed by atoms with Crippen LogP contribution in [0.4, 0.5) is 13.2 Å². The average molecular weight is 405 g/mol.